The van der Waals surface area contributed by atoms with Gasteiger partial charge in [0.05, 0.1) is 9.79 Å². The second kappa shape index (κ2) is 3.57. The van der Waals surface area contributed by atoms with Gasteiger partial charge in [0.25, 0.3) is 0 Å². The normalized spacial score (nSPS) is 15.8. The summed E-state index contributed by atoms with van der Waals surface area (Å²) in [6, 6.07) is 14.1. The molecule has 2 aromatic rings. The van der Waals surface area contributed by atoms with E-state index >= 15 is 0 Å². The molecule has 2 nitrogen and oxygen atoms in total. The zero-order valence-electron chi connectivity index (χ0n) is 9.00. The van der Waals surface area contributed by atoms with Crippen molar-refractivity contribution in [3.63, 3.8) is 0 Å². The van der Waals surface area contributed by atoms with Crippen molar-refractivity contribution in [3.8, 4) is 0 Å². The van der Waals surface area contributed by atoms with Crippen LogP contribution in [0.3, 0.4) is 0 Å². The van der Waals surface area contributed by atoms with E-state index in [0.717, 1.165) is 11.1 Å². The molecule has 0 saturated carbocycles. The maximum absolute atomic E-state index is 12.5. The Morgan fingerprint density at radius 1 is 0.647 bits per heavy atom. The van der Waals surface area contributed by atoms with Gasteiger partial charge >= 0.3 is 0 Å². The van der Waals surface area contributed by atoms with Crippen molar-refractivity contribution in [2.75, 3.05) is 0 Å². The average molecular weight is 242 g/mol. The summed E-state index contributed by atoms with van der Waals surface area (Å²) in [7, 11) is -3.40. The summed E-state index contributed by atoms with van der Waals surface area (Å²) >= 11 is 0. The molecule has 1 heterocycles. The molecule has 17 heavy (non-hydrogen) atoms. The Labute approximate surface area is 100 Å². The fraction of sp³-hybridized carbons (Fsp3) is 0. The van der Waals surface area contributed by atoms with Crippen LogP contribution in [0.5, 0.6) is 0 Å². The maximum Gasteiger partial charge on any atom is 0.207 e. The van der Waals surface area contributed by atoms with E-state index < -0.39 is 9.84 Å². The first-order valence-corrected chi connectivity index (χ1v) is 6.79. The van der Waals surface area contributed by atoms with E-state index in [2.05, 4.69) is 0 Å². The van der Waals surface area contributed by atoms with E-state index in [1.807, 2.05) is 36.4 Å². The Bertz CT molecular complexity index is 657. The number of fused-ring (bicyclic) bond motifs is 2. The Balaban J connectivity index is 2.43. The van der Waals surface area contributed by atoms with Gasteiger partial charge in [0.15, 0.2) is 0 Å². The highest BCUT2D eigenvalue weighted by Gasteiger charge is 2.24. The lowest BCUT2D eigenvalue weighted by molar-refractivity contribution is 0.596. The topological polar surface area (TPSA) is 34.1 Å². The van der Waals surface area contributed by atoms with Gasteiger partial charge in [0.1, 0.15) is 0 Å². The van der Waals surface area contributed by atoms with Crippen molar-refractivity contribution in [1.29, 1.82) is 0 Å². The molecule has 0 amide bonds. The van der Waals surface area contributed by atoms with Gasteiger partial charge < -0.3 is 0 Å². The lowest BCUT2D eigenvalue weighted by atomic mass is 10.1. The highest BCUT2D eigenvalue weighted by Crippen LogP contribution is 2.31. The Morgan fingerprint density at radius 2 is 1.06 bits per heavy atom. The van der Waals surface area contributed by atoms with Crippen molar-refractivity contribution in [1.82, 2.24) is 0 Å². The zero-order chi connectivity index (χ0) is 11.9. The van der Waals surface area contributed by atoms with E-state index in [0.29, 0.717) is 9.79 Å². The molecule has 0 atom stereocenters. The highest BCUT2D eigenvalue weighted by molar-refractivity contribution is 7.91. The molecule has 2 aromatic carbocycles. The molecule has 0 aromatic heterocycles. The van der Waals surface area contributed by atoms with Gasteiger partial charge in [-0.05, 0) is 23.3 Å². The van der Waals surface area contributed by atoms with Crippen LogP contribution in [0.4, 0.5) is 0 Å². The molecular formula is C14H10O2S. The quantitative estimate of drug-likeness (QED) is 0.607. The largest absolute Gasteiger partial charge is 0.218 e. The van der Waals surface area contributed by atoms with Crippen molar-refractivity contribution in [2.24, 2.45) is 0 Å². The molecule has 0 bridgehead atoms. The van der Waals surface area contributed by atoms with Crippen LogP contribution in [0.25, 0.3) is 12.2 Å². The molecular weight excluding hydrogens is 232 g/mol. The van der Waals surface area contributed by atoms with Gasteiger partial charge in [-0.1, -0.05) is 48.6 Å². The van der Waals surface area contributed by atoms with Crippen molar-refractivity contribution >= 4 is 22.0 Å². The summed E-state index contributed by atoms with van der Waals surface area (Å²) in [4.78, 5) is 0.752. The molecule has 0 radical (unpaired) electrons. The predicted octanol–water partition coefficient (Wildman–Crippen LogP) is 3.00. The van der Waals surface area contributed by atoms with Crippen molar-refractivity contribution in [3.05, 3.63) is 59.7 Å². The SMILES string of the molecule is O=S1(=O)c2ccccc2C=Cc2ccccc21. The summed E-state index contributed by atoms with van der Waals surface area (Å²) in [5, 5.41) is 0. The van der Waals surface area contributed by atoms with Crippen LogP contribution >= 0.6 is 0 Å². The summed E-state index contributed by atoms with van der Waals surface area (Å²) in [6.07, 6.45) is 3.69. The molecule has 84 valence electrons. The standard InChI is InChI=1S/C14H10O2S/c15-17(16)13-7-3-1-5-11(13)9-10-12-6-2-4-8-14(12)17/h1-10H. The van der Waals surface area contributed by atoms with Crippen molar-refractivity contribution in [2.45, 2.75) is 9.79 Å². The monoisotopic (exact) mass is 242 g/mol. The van der Waals surface area contributed by atoms with E-state index in [4.69, 9.17) is 0 Å². The first kappa shape index (κ1) is 10.3. The molecule has 1 aliphatic rings. The van der Waals surface area contributed by atoms with Crippen LogP contribution in [0.2, 0.25) is 0 Å². The van der Waals surface area contributed by atoms with Crippen LogP contribution in [-0.2, 0) is 9.84 Å². The number of hydrogen-bond donors (Lipinski definition) is 0. The van der Waals surface area contributed by atoms with Gasteiger partial charge in [-0.3, -0.25) is 0 Å². The fourth-order valence-corrected chi connectivity index (χ4v) is 3.67. The summed E-state index contributed by atoms with van der Waals surface area (Å²) in [5.74, 6) is 0. The Kier molecular flexibility index (Phi) is 2.16. The molecule has 0 spiro atoms. The highest BCUT2D eigenvalue weighted by atomic mass is 32.2. The Hall–Kier alpha value is -1.87. The number of hydrogen-bond acceptors (Lipinski definition) is 2. The van der Waals surface area contributed by atoms with Gasteiger partial charge in [0, 0.05) is 0 Å². The van der Waals surface area contributed by atoms with E-state index in [1.54, 1.807) is 24.3 Å². The summed E-state index contributed by atoms with van der Waals surface area (Å²) in [6.45, 7) is 0. The molecule has 1 aliphatic heterocycles. The van der Waals surface area contributed by atoms with Gasteiger partial charge in [-0.25, -0.2) is 8.42 Å². The number of benzene rings is 2. The van der Waals surface area contributed by atoms with E-state index in [-0.39, 0.29) is 0 Å². The first-order valence-electron chi connectivity index (χ1n) is 5.31. The van der Waals surface area contributed by atoms with Crippen molar-refractivity contribution < 1.29 is 8.42 Å². The van der Waals surface area contributed by atoms with E-state index in [1.165, 1.54) is 0 Å². The minimum atomic E-state index is -3.40. The first-order chi connectivity index (χ1) is 8.19. The molecule has 0 saturated heterocycles. The number of rotatable bonds is 0. The van der Waals surface area contributed by atoms with Crippen LogP contribution in [0.1, 0.15) is 11.1 Å². The predicted molar refractivity (Wildman–Crippen MR) is 67.3 cm³/mol. The molecule has 0 aliphatic carbocycles. The van der Waals surface area contributed by atoms with Gasteiger partial charge in [-0.2, -0.15) is 0 Å². The second-order valence-corrected chi connectivity index (χ2v) is 5.80. The summed E-state index contributed by atoms with van der Waals surface area (Å²) in [5.41, 5.74) is 1.48. The van der Waals surface area contributed by atoms with Crippen LogP contribution in [0, 0.1) is 0 Å². The summed E-state index contributed by atoms with van der Waals surface area (Å²) < 4.78 is 25.0. The maximum atomic E-state index is 12.5. The lowest BCUT2D eigenvalue weighted by Gasteiger charge is -2.07. The zero-order valence-corrected chi connectivity index (χ0v) is 9.81. The molecule has 0 N–H and O–H groups in total. The molecule has 3 heteroatoms. The molecule has 0 fully saturated rings. The smallest absolute Gasteiger partial charge is 0.207 e. The van der Waals surface area contributed by atoms with Crippen LogP contribution in [0.15, 0.2) is 58.3 Å². The third-order valence-corrected chi connectivity index (χ3v) is 4.76. The van der Waals surface area contributed by atoms with Crippen LogP contribution in [-0.4, -0.2) is 8.42 Å². The van der Waals surface area contributed by atoms with Crippen LogP contribution < -0.4 is 0 Å². The minimum Gasteiger partial charge on any atom is -0.218 e. The lowest BCUT2D eigenvalue weighted by Crippen LogP contribution is -2.04. The average Bonchev–Trinajstić information content (AvgIpc) is 2.47. The fourth-order valence-electron chi connectivity index (χ4n) is 2.02. The Morgan fingerprint density at radius 3 is 1.53 bits per heavy atom. The molecule has 0 unspecified atom stereocenters. The third kappa shape index (κ3) is 1.51. The second-order valence-electron chi connectivity index (χ2n) is 3.91. The number of sulfone groups is 1. The third-order valence-electron chi connectivity index (χ3n) is 2.86. The minimum absolute atomic E-state index is 0.376. The molecule has 3 rings (SSSR count). The van der Waals surface area contributed by atoms with Gasteiger partial charge in [0.2, 0.25) is 9.84 Å². The van der Waals surface area contributed by atoms with E-state index in [9.17, 15) is 8.42 Å². The van der Waals surface area contributed by atoms with Gasteiger partial charge in [-0.15, -0.1) is 0 Å².